The fourth-order valence-electron chi connectivity index (χ4n) is 2.95. The first-order valence-electron chi connectivity index (χ1n) is 8.71. The van der Waals surface area contributed by atoms with Crippen LogP contribution in [-0.2, 0) is 14.2 Å². The molecule has 0 aromatic heterocycles. The van der Waals surface area contributed by atoms with Gasteiger partial charge in [-0.15, -0.1) is 0 Å². The van der Waals surface area contributed by atoms with E-state index in [9.17, 15) is 35.7 Å². The molecule has 2 aliphatic rings. The summed E-state index contributed by atoms with van der Waals surface area (Å²) in [6, 6.07) is 5.93. The number of para-hydroxylation sites is 2. The minimum atomic E-state index is -1.64. The number of ether oxygens (including phenoxy) is 4. The highest BCUT2D eigenvalue weighted by molar-refractivity contribution is 5.38. The van der Waals surface area contributed by atoms with Crippen molar-refractivity contribution in [3.05, 3.63) is 24.3 Å². The highest BCUT2D eigenvalue weighted by atomic mass is 16.7. The van der Waals surface area contributed by atoms with Gasteiger partial charge in [-0.1, -0.05) is 12.1 Å². The molecular formula is C17H24O11. The van der Waals surface area contributed by atoms with Crippen LogP contribution in [0, 0.1) is 0 Å². The van der Waals surface area contributed by atoms with Gasteiger partial charge in [0, 0.05) is 0 Å². The van der Waals surface area contributed by atoms with Crippen LogP contribution in [0.4, 0.5) is 0 Å². The van der Waals surface area contributed by atoms with Gasteiger partial charge in [0.25, 0.3) is 0 Å². The minimum absolute atomic E-state index is 0.00189. The maximum atomic E-state index is 10.1. The van der Waals surface area contributed by atoms with Gasteiger partial charge in [-0.25, -0.2) is 0 Å². The van der Waals surface area contributed by atoms with Crippen LogP contribution in [-0.4, -0.2) is 104 Å². The van der Waals surface area contributed by atoms with E-state index in [4.69, 9.17) is 18.9 Å². The van der Waals surface area contributed by atoms with E-state index in [1.54, 1.807) is 12.1 Å². The number of aromatic hydroxyl groups is 1. The Hall–Kier alpha value is -1.54. The third-order valence-electron chi connectivity index (χ3n) is 4.66. The molecule has 11 heteroatoms. The SMILES string of the molecule is Oc1ccccc1OC1OC(COC2OCC(O)C(O)C2O)C(O)C(O)C1O. The van der Waals surface area contributed by atoms with Crippen molar-refractivity contribution in [2.75, 3.05) is 13.2 Å². The van der Waals surface area contributed by atoms with Gasteiger partial charge in [0.1, 0.15) is 42.7 Å². The van der Waals surface area contributed by atoms with Crippen LogP contribution in [0.5, 0.6) is 11.5 Å². The molecular weight excluding hydrogens is 380 g/mol. The van der Waals surface area contributed by atoms with E-state index in [0.717, 1.165) is 0 Å². The van der Waals surface area contributed by atoms with Crippen LogP contribution >= 0.6 is 0 Å². The maximum Gasteiger partial charge on any atom is 0.229 e. The second-order valence-electron chi connectivity index (χ2n) is 6.68. The molecule has 0 bridgehead atoms. The summed E-state index contributed by atoms with van der Waals surface area (Å²) in [7, 11) is 0. The lowest BCUT2D eigenvalue weighted by Gasteiger charge is -2.41. The first-order chi connectivity index (χ1) is 13.3. The van der Waals surface area contributed by atoms with Gasteiger partial charge < -0.3 is 54.7 Å². The Kier molecular flexibility index (Phi) is 6.70. The summed E-state index contributed by atoms with van der Waals surface area (Å²) in [5.74, 6) is -0.212. The first kappa shape index (κ1) is 21.2. The van der Waals surface area contributed by atoms with E-state index >= 15 is 0 Å². The molecule has 2 saturated heterocycles. The predicted molar refractivity (Wildman–Crippen MR) is 89.1 cm³/mol. The molecule has 9 atom stereocenters. The lowest BCUT2D eigenvalue weighted by Crippen LogP contribution is -2.61. The molecule has 1 aromatic rings. The van der Waals surface area contributed by atoms with Crippen molar-refractivity contribution in [1.82, 2.24) is 0 Å². The third kappa shape index (κ3) is 4.38. The average Bonchev–Trinajstić information content (AvgIpc) is 2.68. The van der Waals surface area contributed by atoms with E-state index in [2.05, 4.69) is 0 Å². The molecule has 11 nitrogen and oxygen atoms in total. The van der Waals surface area contributed by atoms with E-state index in [0.29, 0.717) is 0 Å². The van der Waals surface area contributed by atoms with Crippen LogP contribution in [0.1, 0.15) is 0 Å². The van der Waals surface area contributed by atoms with Crippen molar-refractivity contribution >= 4 is 0 Å². The van der Waals surface area contributed by atoms with E-state index in [1.165, 1.54) is 12.1 Å². The van der Waals surface area contributed by atoms with E-state index < -0.39 is 61.9 Å². The highest BCUT2D eigenvalue weighted by Crippen LogP contribution is 2.30. The third-order valence-corrected chi connectivity index (χ3v) is 4.66. The molecule has 3 rings (SSSR count). The summed E-state index contributed by atoms with van der Waals surface area (Å²) in [5, 5.41) is 69.0. The van der Waals surface area contributed by atoms with Crippen molar-refractivity contribution in [2.24, 2.45) is 0 Å². The zero-order valence-electron chi connectivity index (χ0n) is 14.7. The Labute approximate surface area is 159 Å². The number of benzene rings is 1. The van der Waals surface area contributed by atoms with E-state index in [-0.39, 0.29) is 18.1 Å². The lowest BCUT2D eigenvalue weighted by atomic mass is 9.99. The number of hydrogen-bond donors (Lipinski definition) is 7. The van der Waals surface area contributed by atoms with Crippen LogP contribution in [0.15, 0.2) is 24.3 Å². The zero-order valence-corrected chi connectivity index (χ0v) is 14.7. The molecule has 0 saturated carbocycles. The standard InChI is InChI=1S/C17H24O11/c18-7-3-1-2-4-9(7)27-17-15(24)13(22)12(21)10(28-17)6-26-16-14(23)11(20)8(19)5-25-16/h1-4,8,10-24H,5-6H2. The summed E-state index contributed by atoms with van der Waals surface area (Å²) < 4.78 is 21.2. The summed E-state index contributed by atoms with van der Waals surface area (Å²) in [6.07, 6.45) is -13.0. The van der Waals surface area contributed by atoms with Crippen LogP contribution in [0.25, 0.3) is 0 Å². The Morgan fingerprint density at radius 3 is 2.25 bits per heavy atom. The van der Waals surface area contributed by atoms with Crippen LogP contribution in [0.2, 0.25) is 0 Å². The summed E-state index contributed by atoms with van der Waals surface area (Å²) >= 11 is 0. The van der Waals surface area contributed by atoms with Crippen molar-refractivity contribution in [3.63, 3.8) is 0 Å². The number of phenolic OH excluding ortho intramolecular Hbond substituents is 1. The van der Waals surface area contributed by atoms with Crippen LogP contribution in [0.3, 0.4) is 0 Å². The summed E-state index contributed by atoms with van der Waals surface area (Å²) in [4.78, 5) is 0. The molecule has 0 radical (unpaired) electrons. The lowest BCUT2D eigenvalue weighted by molar-refractivity contribution is -0.307. The molecule has 0 aliphatic carbocycles. The topological polar surface area (TPSA) is 179 Å². The van der Waals surface area contributed by atoms with Crippen molar-refractivity contribution in [3.8, 4) is 11.5 Å². The van der Waals surface area contributed by atoms with Gasteiger partial charge in [-0.2, -0.15) is 0 Å². The fourth-order valence-corrected chi connectivity index (χ4v) is 2.95. The molecule has 2 aliphatic heterocycles. The molecule has 1 aromatic carbocycles. The number of rotatable bonds is 5. The predicted octanol–water partition coefficient (Wildman–Crippen LogP) is -2.97. The van der Waals surface area contributed by atoms with Gasteiger partial charge in [0.2, 0.25) is 6.29 Å². The Bertz CT molecular complexity index is 643. The first-order valence-corrected chi connectivity index (χ1v) is 8.71. The zero-order chi connectivity index (χ0) is 20.4. The Balaban J connectivity index is 1.63. The quantitative estimate of drug-likeness (QED) is 0.266. The molecule has 28 heavy (non-hydrogen) atoms. The Morgan fingerprint density at radius 1 is 0.857 bits per heavy atom. The fraction of sp³-hybridized carbons (Fsp3) is 0.647. The second-order valence-corrected chi connectivity index (χ2v) is 6.68. The molecule has 2 heterocycles. The van der Waals surface area contributed by atoms with Gasteiger partial charge in [-0.05, 0) is 12.1 Å². The van der Waals surface area contributed by atoms with Gasteiger partial charge in [-0.3, -0.25) is 0 Å². The average molecular weight is 404 g/mol. The molecule has 0 amide bonds. The summed E-state index contributed by atoms with van der Waals surface area (Å²) in [6.45, 7) is -0.659. The molecule has 9 unspecified atom stereocenters. The smallest absolute Gasteiger partial charge is 0.229 e. The molecule has 7 N–H and O–H groups in total. The van der Waals surface area contributed by atoms with E-state index in [1.807, 2.05) is 0 Å². The van der Waals surface area contributed by atoms with Gasteiger partial charge in [0.15, 0.2) is 17.8 Å². The number of aliphatic hydroxyl groups is 6. The Morgan fingerprint density at radius 2 is 1.54 bits per heavy atom. The number of hydrogen-bond acceptors (Lipinski definition) is 11. The summed E-state index contributed by atoms with van der Waals surface area (Å²) in [5.41, 5.74) is 0. The second kappa shape index (κ2) is 8.86. The van der Waals surface area contributed by atoms with Crippen molar-refractivity contribution in [1.29, 1.82) is 0 Å². The molecule has 2 fully saturated rings. The van der Waals surface area contributed by atoms with Crippen molar-refractivity contribution in [2.45, 2.75) is 55.3 Å². The van der Waals surface area contributed by atoms with Crippen molar-refractivity contribution < 1.29 is 54.7 Å². The van der Waals surface area contributed by atoms with Gasteiger partial charge in [0.05, 0.1) is 13.2 Å². The largest absolute Gasteiger partial charge is 0.504 e. The number of phenols is 1. The number of aliphatic hydroxyl groups excluding tert-OH is 6. The normalized spacial score (nSPS) is 41.6. The molecule has 0 spiro atoms. The van der Waals surface area contributed by atoms with Gasteiger partial charge >= 0.3 is 0 Å². The maximum absolute atomic E-state index is 10.1. The molecule has 158 valence electrons. The monoisotopic (exact) mass is 404 g/mol. The van der Waals surface area contributed by atoms with Crippen LogP contribution < -0.4 is 4.74 Å². The minimum Gasteiger partial charge on any atom is -0.504 e. The highest BCUT2D eigenvalue weighted by Gasteiger charge is 2.46.